The van der Waals surface area contributed by atoms with E-state index in [1.54, 1.807) is 30.3 Å². The Morgan fingerprint density at radius 3 is 2.40 bits per heavy atom. The van der Waals surface area contributed by atoms with Crippen LogP contribution in [0.25, 0.3) is 0 Å². The largest absolute Gasteiger partial charge is 0.489 e. The number of hydrogen-bond donors (Lipinski definition) is 0. The summed E-state index contributed by atoms with van der Waals surface area (Å²) >= 11 is 5.86. The molecule has 0 unspecified atom stereocenters. The number of rotatable bonds is 4. The number of benzene rings is 2. The SMILES string of the molecule is COc1c(Cl)ccc(C(=O)c2ccccc2)c1[N+](=O)[O-]. The van der Waals surface area contributed by atoms with E-state index in [0.29, 0.717) is 5.56 Å². The maximum Gasteiger partial charge on any atom is 0.323 e. The second kappa shape index (κ2) is 5.71. The first-order valence-electron chi connectivity index (χ1n) is 5.67. The third-order valence-corrected chi connectivity index (χ3v) is 3.05. The molecule has 0 N–H and O–H groups in total. The van der Waals surface area contributed by atoms with Crippen LogP contribution in [0.3, 0.4) is 0 Å². The molecule has 0 aromatic heterocycles. The molecule has 102 valence electrons. The molecule has 2 rings (SSSR count). The smallest absolute Gasteiger partial charge is 0.323 e. The first kappa shape index (κ1) is 14.0. The van der Waals surface area contributed by atoms with Crippen LogP contribution in [0, 0.1) is 10.1 Å². The number of carbonyl (C=O) groups excluding carboxylic acids is 1. The summed E-state index contributed by atoms with van der Waals surface area (Å²) in [4.78, 5) is 22.9. The highest BCUT2D eigenvalue weighted by molar-refractivity contribution is 6.32. The standard InChI is InChI=1S/C14H10ClNO4/c1-20-14-11(15)8-7-10(12(14)16(18)19)13(17)9-5-3-2-4-6-9/h2-8H,1H3. The molecule has 0 radical (unpaired) electrons. The van der Waals surface area contributed by atoms with Crippen molar-refractivity contribution in [3.63, 3.8) is 0 Å². The number of nitro benzene ring substituents is 1. The first-order valence-corrected chi connectivity index (χ1v) is 6.04. The minimum absolute atomic E-state index is 0.0533. The van der Waals surface area contributed by atoms with Gasteiger partial charge in [-0.25, -0.2) is 0 Å². The maximum atomic E-state index is 12.3. The van der Waals surface area contributed by atoms with E-state index in [9.17, 15) is 14.9 Å². The molecule has 2 aromatic rings. The summed E-state index contributed by atoms with van der Waals surface area (Å²) in [5, 5.41) is 11.3. The van der Waals surface area contributed by atoms with E-state index in [0.717, 1.165) is 0 Å². The average molecular weight is 292 g/mol. The zero-order valence-electron chi connectivity index (χ0n) is 10.5. The third-order valence-electron chi connectivity index (χ3n) is 2.75. The predicted molar refractivity (Wildman–Crippen MR) is 74.5 cm³/mol. The predicted octanol–water partition coefficient (Wildman–Crippen LogP) is 3.49. The molecule has 0 aliphatic rings. The molecule has 0 saturated heterocycles. The summed E-state index contributed by atoms with van der Waals surface area (Å²) in [6.07, 6.45) is 0. The van der Waals surface area contributed by atoms with Crippen LogP contribution in [0.2, 0.25) is 5.02 Å². The highest BCUT2D eigenvalue weighted by atomic mass is 35.5. The van der Waals surface area contributed by atoms with Crippen LogP contribution < -0.4 is 4.74 Å². The highest BCUT2D eigenvalue weighted by Gasteiger charge is 2.28. The van der Waals surface area contributed by atoms with Crippen molar-refractivity contribution in [2.75, 3.05) is 7.11 Å². The van der Waals surface area contributed by atoms with Crippen LogP contribution in [0.4, 0.5) is 5.69 Å². The van der Waals surface area contributed by atoms with Gasteiger partial charge in [-0.15, -0.1) is 0 Å². The monoisotopic (exact) mass is 291 g/mol. The van der Waals surface area contributed by atoms with E-state index in [-0.39, 0.29) is 16.3 Å². The highest BCUT2D eigenvalue weighted by Crippen LogP contribution is 2.38. The van der Waals surface area contributed by atoms with Crippen molar-refractivity contribution in [3.8, 4) is 5.75 Å². The fourth-order valence-corrected chi connectivity index (χ4v) is 2.08. The molecule has 0 heterocycles. The molecule has 20 heavy (non-hydrogen) atoms. The molecule has 0 fully saturated rings. The Bertz CT molecular complexity index is 670. The van der Waals surface area contributed by atoms with Crippen molar-refractivity contribution in [1.82, 2.24) is 0 Å². The number of hydrogen-bond acceptors (Lipinski definition) is 4. The van der Waals surface area contributed by atoms with E-state index < -0.39 is 16.4 Å². The molecule has 2 aromatic carbocycles. The van der Waals surface area contributed by atoms with E-state index in [1.165, 1.54) is 19.2 Å². The molecule has 0 bridgehead atoms. The van der Waals surface area contributed by atoms with Crippen molar-refractivity contribution in [1.29, 1.82) is 0 Å². The van der Waals surface area contributed by atoms with E-state index in [2.05, 4.69) is 0 Å². The van der Waals surface area contributed by atoms with Gasteiger partial charge < -0.3 is 4.74 Å². The van der Waals surface area contributed by atoms with Crippen molar-refractivity contribution < 1.29 is 14.5 Å². The van der Waals surface area contributed by atoms with Crippen molar-refractivity contribution in [2.24, 2.45) is 0 Å². The maximum absolute atomic E-state index is 12.3. The Morgan fingerprint density at radius 1 is 1.20 bits per heavy atom. The number of nitro groups is 1. The molecule has 0 atom stereocenters. The molecule has 0 amide bonds. The average Bonchev–Trinajstić information content (AvgIpc) is 2.46. The fraction of sp³-hybridized carbons (Fsp3) is 0.0714. The molecule has 0 spiro atoms. The van der Waals surface area contributed by atoms with Crippen LogP contribution in [0.5, 0.6) is 5.75 Å². The lowest BCUT2D eigenvalue weighted by Crippen LogP contribution is -2.07. The van der Waals surface area contributed by atoms with E-state index in [4.69, 9.17) is 16.3 Å². The van der Waals surface area contributed by atoms with Gasteiger partial charge in [-0.3, -0.25) is 14.9 Å². The topological polar surface area (TPSA) is 69.4 Å². The van der Waals surface area contributed by atoms with Crippen molar-refractivity contribution in [3.05, 3.63) is 68.7 Å². The first-order chi connectivity index (χ1) is 9.56. The lowest BCUT2D eigenvalue weighted by molar-refractivity contribution is -0.386. The zero-order chi connectivity index (χ0) is 14.7. The molecule has 6 heteroatoms. The molecule has 0 saturated carbocycles. The normalized spacial score (nSPS) is 10.1. The van der Waals surface area contributed by atoms with Gasteiger partial charge in [-0.1, -0.05) is 41.9 Å². The number of methoxy groups -OCH3 is 1. The second-order valence-electron chi connectivity index (χ2n) is 3.93. The summed E-state index contributed by atoms with van der Waals surface area (Å²) in [6.45, 7) is 0. The lowest BCUT2D eigenvalue weighted by Gasteiger charge is -2.08. The van der Waals surface area contributed by atoms with Crippen LogP contribution in [0.15, 0.2) is 42.5 Å². The Kier molecular flexibility index (Phi) is 4.00. The van der Waals surface area contributed by atoms with Gasteiger partial charge in [0, 0.05) is 5.56 Å². The summed E-state index contributed by atoms with van der Waals surface area (Å²) in [7, 11) is 1.27. The number of carbonyl (C=O) groups is 1. The quantitative estimate of drug-likeness (QED) is 0.491. The van der Waals surface area contributed by atoms with Gasteiger partial charge in [0.1, 0.15) is 5.56 Å². The Morgan fingerprint density at radius 2 is 1.85 bits per heavy atom. The minimum Gasteiger partial charge on any atom is -0.489 e. The summed E-state index contributed by atoms with van der Waals surface area (Å²) < 4.78 is 4.94. The van der Waals surface area contributed by atoms with Crippen molar-refractivity contribution >= 4 is 23.1 Å². The van der Waals surface area contributed by atoms with E-state index >= 15 is 0 Å². The van der Waals surface area contributed by atoms with Crippen molar-refractivity contribution in [2.45, 2.75) is 0 Å². The van der Waals surface area contributed by atoms with Gasteiger partial charge in [-0.2, -0.15) is 0 Å². The second-order valence-corrected chi connectivity index (χ2v) is 4.34. The minimum atomic E-state index is -0.666. The molecular formula is C14H10ClNO4. The van der Waals surface area contributed by atoms with Gasteiger partial charge in [0.15, 0.2) is 5.78 Å². The molecule has 0 aliphatic heterocycles. The van der Waals surface area contributed by atoms with Crippen LogP contribution in [-0.2, 0) is 0 Å². The Balaban J connectivity index is 2.63. The summed E-state index contributed by atoms with van der Waals surface area (Å²) in [6, 6.07) is 11.0. The van der Waals surface area contributed by atoms with Gasteiger partial charge >= 0.3 is 5.69 Å². The lowest BCUT2D eigenvalue weighted by atomic mass is 10.0. The number of halogens is 1. The van der Waals surface area contributed by atoms with E-state index in [1.807, 2.05) is 0 Å². The third kappa shape index (κ3) is 2.48. The number of nitrogens with zero attached hydrogens (tertiary/aromatic N) is 1. The number of ether oxygens (including phenoxy) is 1. The van der Waals surface area contributed by atoms with Gasteiger partial charge in [0.2, 0.25) is 5.75 Å². The van der Waals surface area contributed by atoms with Gasteiger partial charge in [0.25, 0.3) is 0 Å². The van der Waals surface area contributed by atoms with Gasteiger partial charge in [0.05, 0.1) is 17.1 Å². The fourth-order valence-electron chi connectivity index (χ4n) is 1.85. The molecular weight excluding hydrogens is 282 g/mol. The molecule has 5 nitrogen and oxygen atoms in total. The van der Waals surface area contributed by atoms with Crippen LogP contribution >= 0.6 is 11.6 Å². The van der Waals surface area contributed by atoms with Crippen LogP contribution in [0.1, 0.15) is 15.9 Å². The summed E-state index contributed by atoms with van der Waals surface area (Å²) in [5.41, 5.74) is -0.115. The summed E-state index contributed by atoms with van der Waals surface area (Å²) in [5.74, 6) is -0.564. The zero-order valence-corrected chi connectivity index (χ0v) is 11.3. The Labute approximate surface area is 119 Å². The van der Waals surface area contributed by atoms with Gasteiger partial charge in [-0.05, 0) is 12.1 Å². The van der Waals surface area contributed by atoms with Crippen LogP contribution in [-0.4, -0.2) is 17.8 Å². The Hall–Kier alpha value is -2.40. The molecule has 0 aliphatic carbocycles. The number of ketones is 1.